The van der Waals surface area contributed by atoms with Gasteiger partial charge in [-0.2, -0.15) is 5.10 Å². The lowest BCUT2D eigenvalue weighted by atomic mass is 10.3. The number of hydrogen-bond donors (Lipinski definition) is 1. The lowest BCUT2D eigenvalue weighted by molar-refractivity contribution is -0.118. The van der Waals surface area contributed by atoms with Gasteiger partial charge in [0, 0.05) is 13.1 Å². The predicted molar refractivity (Wildman–Crippen MR) is 100 cm³/mol. The number of ether oxygens (including phenoxy) is 1. The van der Waals surface area contributed by atoms with Crippen molar-refractivity contribution in [3.8, 4) is 5.75 Å². The van der Waals surface area contributed by atoms with Gasteiger partial charge in [-0.3, -0.25) is 9.48 Å². The van der Waals surface area contributed by atoms with Crippen molar-refractivity contribution in [1.82, 2.24) is 9.78 Å². The van der Waals surface area contributed by atoms with Crippen LogP contribution < -0.4 is 10.1 Å². The summed E-state index contributed by atoms with van der Waals surface area (Å²) in [5.41, 5.74) is 0.795. The molecule has 1 aromatic heterocycles. The van der Waals surface area contributed by atoms with E-state index in [2.05, 4.69) is 10.4 Å². The van der Waals surface area contributed by atoms with E-state index in [4.69, 9.17) is 4.74 Å². The average Bonchev–Trinajstić information content (AvgIpc) is 2.98. The van der Waals surface area contributed by atoms with Crippen LogP contribution in [-0.2, 0) is 21.7 Å². The van der Waals surface area contributed by atoms with Gasteiger partial charge in [0.15, 0.2) is 6.61 Å². The molecule has 27 heavy (non-hydrogen) atoms. The summed E-state index contributed by atoms with van der Waals surface area (Å²) in [6.07, 6.45) is 0. The summed E-state index contributed by atoms with van der Waals surface area (Å²) in [5.74, 6) is 0.641. The number of aryl methyl sites for hydroxylation is 2. The van der Waals surface area contributed by atoms with Gasteiger partial charge in [0.2, 0.25) is 9.84 Å². The Balaban J connectivity index is 1.62. The third-order valence-electron chi connectivity index (χ3n) is 3.83. The van der Waals surface area contributed by atoms with Crippen LogP contribution in [0.2, 0.25) is 0 Å². The minimum Gasteiger partial charge on any atom is -0.484 e. The minimum atomic E-state index is -3.57. The first-order valence-corrected chi connectivity index (χ1v) is 9.68. The number of anilines is 1. The van der Waals surface area contributed by atoms with E-state index in [0.717, 1.165) is 5.69 Å². The number of nitrogens with one attached hydrogen (secondary N) is 1. The summed E-state index contributed by atoms with van der Waals surface area (Å²) in [6.45, 7) is 1.63. The van der Waals surface area contributed by atoms with Crippen LogP contribution in [-0.4, -0.2) is 30.7 Å². The Kier molecular flexibility index (Phi) is 5.27. The third-order valence-corrected chi connectivity index (χ3v) is 5.61. The van der Waals surface area contributed by atoms with Crippen LogP contribution >= 0.6 is 0 Å². The van der Waals surface area contributed by atoms with E-state index in [0.29, 0.717) is 11.6 Å². The largest absolute Gasteiger partial charge is 0.484 e. The van der Waals surface area contributed by atoms with E-state index in [-0.39, 0.29) is 22.3 Å². The van der Waals surface area contributed by atoms with Crippen molar-refractivity contribution in [2.24, 2.45) is 7.05 Å². The minimum absolute atomic E-state index is 0.163. The second-order valence-electron chi connectivity index (χ2n) is 5.92. The first-order chi connectivity index (χ1) is 12.9. The molecule has 1 heterocycles. The molecule has 0 saturated carbocycles. The van der Waals surface area contributed by atoms with Gasteiger partial charge in [-0.1, -0.05) is 18.2 Å². The van der Waals surface area contributed by atoms with Crippen molar-refractivity contribution in [3.63, 3.8) is 0 Å². The monoisotopic (exact) mass is 385 g/mol. The molecular weight excluding hydrogens is 366 g/mol. The van der Waals surface area contributed by atoms with Gasteiger partial charge in [-0.05, 0) is 43.3 Å². The maximum atomic E-state index is 12.5. The molecule has 0 atom stereocenters. The molecule has 140 valence electrons. The second kappa shape index (κ2) is 7.63. The maximum absolute atomic E-state index is 12.5. The molecule has 0 saturated heterocycles. The van der Waals surface area contributed by atoms with Crippen molar-refractivity contribution >= 4 is 21.6 Å². The molecule has 8 heteroatoms. The Morgan fingerprint density at radius 2 is 1.70 bits per heavy atom. The quantitative estimate of drug-likeness (QED) is 0.704. The molecule has 0 fully saturated rings. The van der Waals surface area contributed by atoms with Crippen molar-refractivity contribution in [1.29, 1.82) is 0 Å². The fraction of sp³-hybridized carbons (Fsp3) is 0.158. The fourth-order valence-corrected chi connectivity index (χ4v) is 3.79. The Labute approximate surface area is 157 Å². The van der Waals surface area contributed by atoms with Crippen molar-refractivity contribution in [2.75, 3.05) is 11.9 Å². The van der Waals surface area contributed by atoms with Crippen LogP contribution in [0.1, 0.15) is 5.69 Å². The Morgan fingerprint density at radius 1 is 1.07 bits per heavy atom. The lowest BCUT2D eigenvalue weighted by Crippen LogP contribution is -2.21. The molecule has 0 unspecified atom stereocenters. The number of hydrogen-bond acceptors (Lipinski definition) is 5. The normalized spacial score (nSPS) is 11.2. The first kappa shape index (κ1) is 18.7. The Bertz CT molecular complexity index is 1040. The van der Waals surface area contributed by atoms with E-state index in [1.54, 1.807) is 48.1 Å². The standard InChI is InChI=1S/C19H19N3O4S/c1-14-12-18(22(2)21-14)20-19(23)13-26-15-8-10-17(11-9-15)27(24,25)16-6-4-3-5-7-16/h3-12H,13H2,1-2H3,(H,20,23). The predicted octanol–water partition coefficient (Wildman–Crippen LogP) is 2.58. The molecule has 1 N–H and O–H groups in total. The van der Waals surface area contributed by atoms with Crippen molar-refractivity contribution < 1.29 is 17.9 Å². The Morgan fingerprint density at radius 3 is 2.30 bits per heavy atom. The van der Waals surface area contributed by atoms with Crippen LogP contribution in [0.25, 0.3) is 0 Å². The Hall–Kier alpha value is -3.13. The second-order valence-corrected chi connectivity index (χ2v) is 7.87. The molecule has 0 aliphatic carbocycles. The topological polar surface area (TPSA) is 90.3 Å². The zero-order valence-electron chi connectivity index (χ0n) is 14.9. The van der Waals surface area contributed by atoms with Gasteiger partial charge in [-0.15, -0.1) is 0 Å². The van der Waals surface area contributed by atoms with Gasteiger partial charge >= 0.3 is 0 Å². The molecule has 1 amide bonds. The SMILES string of the molecule is Cc1cc(NC(=O)COc2ccc(S(=O)(=O)c3ccccc3)cc2)n(C)n1. The molecule has 3 rings (SSSR count). The van der Waals surface area contributed by atoms with E-state index in [9.17, 15) is 13.2 Å². The van der Waals surface area contributed by atoms with E-state index >= 15 is 0 Å². The summed E-state index contributed by atoms with van der Waals surface area (Å²) in [4.78, 5) is 12.4. The van der Waals surface area contributed by atoms with Crippen LogP contribution in [0.15, 0.2) is 70.5 Å². The molecule has 0 radical (unpaired) electrons. The molecule has 0 bridgehead atoms. The number of amides is 1. The number of benzene rings is 2. The number of carbonyl (C=O) groups excluding carboxylic acids is 1. The summed E-state index contributed by atoms with van der Waals surface area (Å²) in [5, 5.41) is 6.84. The highest BCUT2D eigenvalue weighted by molar-refractivity contribution is 7.91. The van der Waals surface area contributed by atoms with E-state index < -0.39 is 9.84 Å². The van der Waals surface area contributed by atoms with Crippen molar-refractivity contribution in [3.05, 3.63) is 66.4 Å². The van der Waals surface area contributed by atoms with Crippen LogP contribution in [0, 0.1) is 6.92 Å². The molecular formula is C19H19N3O4S. The number of nitrogens with zero attached hydrogens (tertiary/aromatic N) is 2. The molecule has 2 aromatic carbocycles. The number of rotatable bonds is 6. The van der Waals surface area contributed by atoms with Gasteiger partial charge < -0.3 is 10.1 Å². The number of aromatic nitrogens is 2. The molecule has 0 aliphatic rings. The highest BCUT2D eigenvalue weighted by Gasteiger charge is 2.17. The zero-order chi connectivity index (χ0) is 19.4. The zero-order valence-corrected chi connectivity index (χ0v) is 15.7. The van der Waals surface area contributed by atoms with E-state index in [1.165, 1.54) is 24.3 Å². The van der Waals surface area contributed by atoms with E-state index in [1.807, 2.05) is 6.92 Å². The average molecular weight is 385 g/mol. The van der Waals surface area contributed by atoms with Crippen molar-refractivity contribution in [2.45, 2.75) is 16.7 Å². The highest BCUT2D eigenvalue weighted by atomic mass is 32.2. The summed E-state index contributed by atoms with van der Waals surface area (Å²) in [7, 11) is -1.84. The van der Waals surface area contributed by atoms with Crippen LogP contribution in [0.4, 0.5) is 5.82 Å². The van der Waals surface area contributed by atoms with Crippen LogP contribution in [0.3, 0.4) is 0 Å². The number of carbonyl (C=O) groups is 1. The summed E-state index contributed by atoms with van der Waals surface area (Å²) < 4.78 is 32.1. The first-order valence-electron chi connectivity index (χ1n) is 8.20. The lowest BCUT2D eigenvalue weighted by Gasteiger charge is -2.09. The third kappa shape index (κ3) is 4.35. The number of sulfone groups is 1. The van der Waals surface area contributed by atoms with Crippen LogP contribution in [0.5, 0.6) is 5.75 Å². The molecule has 3 aromatic rings. The van der Waals surface area contributed by atoms with Gasteiger partial charge in [0.05, 0.1) is 15.5 Å². The molecule has 0 aliphatic heterocycles. The summed E-state index contributed by atoms with van der Waals surface area (Å²) in [6, 6.07) is 15.9. The van der Waals surface area contributed by atoms with Gasteiger partial charge in [0.1, 0.15) is 11.6 Å². The molecule has 7 nitrogen and oxygen atoms in total. The smallest absolute Gasteiger partial charge is 0.263 e. The highest BCUT2D eigenvalue weighted by Crippen LogP contribution is 2.22. The maximum Gasteiger partial charge on any atom is 0.263 e. The summed E-state index contributed by atoms with van der Waals surface area (Å²) >= 11 is 0. The fourth-order valence-electron chi connectivity index (χ4n) is 2.51. The van der Waals surface area contributed by atoms with Gasteiger partial charge in [0.25, 0.3) is 5.91 Å². The van der Waals surface area contributed by atoms with Gasteiger partial charge in [-0.25, -0.2) is 8.42 Å². The molecule has 0 spiro atoms.